The number of hydrogen-bond donors (Lipinski definition) is 1. The number of halogens is 1. The highest BCUT2D eigenvalue weighted by Crippen LogP contribution is 2.26. The van der Waals surface area contributed by atoms with Gasteiger partial charge >= 0.3 is 0 Å². The molecule has 1 N–H and O–H groups in total. The topological polar surface area (TPSA) is 15.3 Å². The van der Waals surface area contributed by atoms with Gasteiger partial charge in [0.15, 0.2) is 0 Å². The van der Waals surface area contributed by atoms with Gasteiger partial charge in [0.25, 0.3) is 0 Å². The molecule has 0 bridgehead atoms. The fourth-order valence-corrected chi connectivity index (χ4v) is 2.04. The molecule has 1 aliphatic heterocycles. The van der Waals surface area contributed by atoms with Crippen molar-refractivity contribution in [1.29, 1.82) is 0 Å². The van der Waals surface area contributed by atoms with E-state index in [1.54, 1.807) is 6.07 Å². The maximum Gasteiger partial charge on any atom is 0.123 e. The first-order valence-electron chi connectivity index (χ1n) is 4.87. The Morgan fingerprint density at radius 1 is 1.50 bits per heavy atom. The van der Waals surface area contributed by atoms with Crippen molar-refractivity contribution in [1.82, 2.24) is 5.32 Å². The maximum absolute atomic E-state index is 13.0. The summed E-state index contributed by atoms with van der Waals surface area (Å²) in [5.41, 5.74) is 2.25. The lowest BCUT2D eigenvalue weighted by molar-refractivity contribution is 0.533. The molecule has 0 saturated heterocycles. The van der Waals surface area contributed by atoms with Gasteiger partial charge in [0.1, 0.15) is 5.82 Å². The van der Waals surface area contributed by atoms with Gasteiger partial charge in [-0.3, -0.25) is 0 Å². The van der Waals surface area contributed by atoms with E-state index >= 15 is 0 Å². The number of hydrogen-bond acceptors (Lipinski definition) is 2. The minimum absolute atomic E-state index is 0.145. The van der Waals surface area contributed by atoms with Gasteiger partial charge in [-0.15, -0.1) is 0 Å². The highest BCUT2D eigenvalue weighted by atomic mass is 19.1. The molecule has 0 aromatic heterocycles. The molecule has 0 radical (unpaired) electrons. The van der Waals surface area contributed by atoms with Gasteiger partial charge in [-0.05, 0) is 37.2 Å². The van der Waals surface area contributed by atoms with E-state index in [1.165, 1.54) is 6.07 Å². The number of rotatable bonds is 1. The Labute approximate surface area is 83.7 Å². The van der Waals surface area contributed by atoms with Crippen LogP contribution in [-0.4, -0.2) is 26.7 Å². The molecule has 0 fully saturated rings. The van der Waals surface area contributed by atoms with Crippen LogP contribution in [0.5, 0.6) is 0 Å². The van der Waals surface area contributed by atoms with Crippen LogP contribution in [0, 0.1) is 5.82 Å². The summed E-state index contributed by atoms with van der Waals surface area (Å²) in [5, 5.41) is 3.23. The first-order chi connectivity index (χ1) is 6.70. The zero-order chi connectivity index (χ0) is 10.1. The molecule has 0 spiro atoms. The molecule has 3 heteroatoms. The monoisotopic (exact) mass is 194 g/mol. The largest absolute Gasteiger partial charge is 0.373 e. The number of fused-ring (bicyclic) bond motifs is 1. The molecule has 1 aliphatic rings. The van der Waals surface area contributed by atoms with Crippen molar-refractivity contribution in [3.63, 3.8) is 0 Å². The second-order valence-corrected chi connectivity index (χ2v) is 3.84. The number of nitrogens with zero attached hydrogens (tertiary/aromatic N) is 1. The van der Waals surface area contributed by atoms with Crippen molar-refractivity contribution >= 4 is 5.69 Å². The summed E-state index contributed by atoms with van der Waals surface area (Å²) < 4.78 is 13.0. The van der Waals surface area contributed by atoms with E-state index in [1.807, 2.05) is 20.2 Å². The molecule has 76 valence electrons. The van der Waals surface area contributed by atoms with Crippen LogP contribution in [0.3, 0.4) is 0 Å². The van der Waals surface area contributed by atoms with Gasteiger partial charge in [0.05, 0.1) is 0 Å². The summed E-state index contributed by atoms with van der Waals surface area (Å²) in [6.07, 6.45) is 0.911. The van der Waals surface area contributed by atoms with Gasteiger partial charge in [0.2, 0.25) is 0 Å². The molecular formula is C11H15FN2. The van der Waals surface area contributed by atoms with E-state index < -0.39 is 0 Å². The number of anilines is 1. The SMILES string of the molecule is CNC1Cc2cc(F)ccc2N(C)C1. The predicted octanol–water partition coefficient (Wildman–Crippen LogP) is 1.41. The van der Waals surface area contributed by atoms with E-state index in [4.69, 9.17) is 0 Å². The summed E-state index contributed by atoms with van der Waals surface area (Å²) in [6.45, 7) is 0.981. The van der Waals surface area contributed by atoms with Crippen LogP contribution in [0.1, 0.15) is 5.56 Å². The summed E-state index contributed by atoms with van der Waals surface area (Å²) in [4.78, 5) is 2.17. The molecule has 0 aliphatic carbocycles. The van der Waals surface area contributed by atoms with Crippen molar-refractivity contribution in [3.05, 3.63) is 29.6 Å². The van der Waals surface area contributed by atoms with E-state index in [0.29, 0.717) is 6.04 Å². The quantitative estimate of drug-likeness (QED) is 0.727. The summed E-state index contributed by atoms with van der Waals surface area (Å²) >= 11 is 0. The standard InChI is InChI=1S/C11H15FN2/c1-13-10-6-8-5-9(12)3-4-11(8)14(2)7-10/h3-5,10,13H,6-7H2,1-2H3. The van der Waals surface area contributed by atoms with E-state index in [-0.39, 0.29) is 5.82 Å². The number of likely N-dealkylation sites (N-methyl/N-ethyl adjacent to an activating group) is 2. The van der Waals surface area contributed by atoms with Crippen LogP contribution in [0.4, 0.5) is 10.1 Å². The lowest BCUT2D eigenvalue weighted by Crippen LogP contribution is -2.43. The van der Waals surface area contributed by atoms with Crippen LogP contribution in [0.2, 0.25) is 0 Å². The smallest absolute Gasteiger partial charge is 0.123 e. The van der Waals surface area contributed by atoms with E-state index in [0.717, 1.165) is 24.2 Å². The van der Waals surface area contributed by atoms with Gasteiger partial charge < -0.3 is 10.2 Å². The predicted molar refractivity (Wildman–Crippen MR) is 56.2 cm³/mol. The minimum Gasteiger partial charge on any atom is -0.373 e. The minimum atomic E-state index is -0.145. The maximum atomic E-state index is 13.0. The van der Waals surface area contributed by atoms with E-state index in [2.05, 4.69) is 10.2 Å². The van der Waals surface area contributed by atoms with Crippen LogP contribution in [-0.2, 0) is 6.42 Å². The molecular weight excluding hydrogens is 179 g/mol. The summed E-state index contributed by atoms with van der Waals surface area (Å²) in [6, 6.07) is 5.44. The van der Waals surface area contributed by atoms with Crippen molar-refractivity contribution in [2.24, 2.45) is 0 Å². The number of benzene rings is 1. The third kappa shape index (κ3) is 1.60. The van der Waals surface area contributed by atoms with Gasteiger partial charge in [-0.2, -0.15) is 0 Å². The Morgan fingerprint density at radius 3 is 3.00 bits per heavy atom. The second-order valence-electron chi connectivity index (χ2n) is 3.84. The summed E-state index contributed by atoms with van der Waals surface area (Å²) in [7, 11) is 3.99. The molecule has 1 aromatic rings. The average Bonchev–Trinajstić information content (AvgIpc) is 2.16. The van der Waals surface area contributed by atoms with E-state index in [9.17, 15) is 4.39 Å². The van der Waals surface area contributed by atoms with Gasteiger partial charge in [-0.1, -0.05) is 0 Å². The lowest BCUT2D eigenvalue weighted by Gasteiger charge is -2.33. The van der Waals surface area contributed by atoms with Crippen LogP contribution < -0.4 is 10.2 Å². The Kier molecular flexibility index (Phi) is 2.42. The molecule has 14 heavy (non-hydrogen) atoms. The molecule has 2 nitrogen and oxygen atoms in total. The molecule has 0 amide bonds. The van der Waals surface area contributed by atoms with Crippen LogP contribution >= 0.6 is 0 Å². The molecule has 1 atom stereocenters. The Hall–Kier alpha value is -1.09. The van der Waals surface area contributed by atoms with Crippen LogP contribution in [0.25, 0.3) is 0 Å². The molecule has 1 unspecified atom stereocenters. The highest BCUT2D eigenvalue weighted by Gasteiger charge is 2.20. The highest BCUT2D eigenvalue weighted by molar-refractivity contribution is 5.55. The van der Waals surface area contributed by atoms with Crippen molar-refractivity contribution in [3.8, 4) is 0 Å². The average molecular weight is 194 g/mol. The third-order valence-corrected chi connectivity index (χ3v) is 2.82. The zero-order valence-electron chi connectivity index (χ0n) is 8.55. The molecule has 1 heterocycles. The van der Waals surface area contributed by atoms with Crippen molar-refractivity contribution in [2.75, 3.05) is 25.5 Å². The van der Waals surface area contributed by atoms with Gasteiger partial charge in [0, 0.05) is 25.3 Å². The van der Waals surface area contributed by atoms with Crippen molar-refractivity contribution in [2.45, 2.75) is 12.5 Å². The fraction of sp³-hybridized carbons (Fsp3) is 0.455. The Balaban J connectivity index is 2.35. The molecule has 0 saturated carbocycles. The molecule has 2 rings (SSSR count). The van der Waals surface area contributed by atoms with Gasteiger partial charge in [-0.25, -0.2) is 4.39 Å². The normalized spacial score (nSPS) is 20.8. The number of nitrogens with one attached hydrogen (secondary N) is 1. The molecule has 1 aromatic carbocycles. The third-order valence-electron chi connectivity index (χ3n) is 2.82. The Morgan fingerprint density at radius 2 is 2.29 bits per heavy atom. The first kappa shape index (κ1) is 9.46. The first-order valence-corrected chi connectivity index (χ1v) is 4.87. The van der Waals surface area contributed by atoms with Crippen LogP contribution in [0.15, 0.2) is 18.2 Å². The fourth-order valence-electron chi connectivity index (χ4n) is 2.04. The van der Waals surface area contributed by atoms with Crippen molar-refractivity contribution < 1.29 is 4.39 Å². The second kappa shape index (κ2) is 3.58. The zero-order valence-corrected chi connectivity index (χ0v) is 8.55. The Bertz CT molecular complexity index is 338. The summed E-state index contributed by atoms with van der Waals surface area (Å²) in [5.74, 6) is -0.145. The lowest BCUT2D eigenvalue weighted by atomic mass is 9.98.